The van der Waals surface area contributed by atoms with Gasteiger partial charge in [-0.05, 0) is 111 Å². The van der Waals surface area contributed by atoms with Crippen molar-refractivity contribution in [1.29, 1.82) is 0 Å². The summed E-state index contributed by atoms with van der Waals surface area (Å²) in [6.07, 6.45) is 10.6. The van der Waals surface area contributed by atoms with Gasteiger partial charge in [-0.2, -0.15) is 0 Å². The van der Waals surface area contributed by atoms with Crippen molar-refractivity contribution >= 4 is 11.9 Å². The Bertz CT molecular complexity index is 999. The largest absolute Gasteiger partial charge is 0.481 e. The van der Waals surface area contributed by atoms with E-state index in [4.69, 9.17) is 4.74 Å². The molecule has 4 fully saturated rings. The van der Waals surface area contributed by atoms with Crippen molar-refractivity contribution in [1.82, 2.24) is 0 Å². The predicted molar refractivity (Wildman–Crippen MR) is 139 cm³/mol. The monoisotopic (exact) mass is 500 g/mol. The van der Waals surface area contributed by atoms with Gasteiger partial charge in [0, 0.05) is 0 Å². The fourth-order valence-electron chi connectivity index (χ4n) is 10.8. The third kappa shape index (κ3) is 3.04. The second kappa shape index (κ2) is 7.83. The average Bonchev–Trinajstić information content (AvgIpc) is 2.81. The van der Waals surface area contributed by atoms with Gasteiger partial charge in [-0.1, -0.05) is 46.3 Å². The van der Waals surface area contributed by atoms with Crippen LogP contribution < -0.4 is 0 Å². The summed E-state index contributed by atoms with van der Waals surface area (Å²) < 4.78 is 5.27. The van der Waals surface area contributed by atoms with Gasteiger partial charge in [0.25, 0.3) is 0 Å². The molecule has 2 N–H and O–H groups in total. The van der Waals surface area contributed by atoms with Gasteiger partial charge in [0.15, 0.2) is 0 Å². The fourth-order valence-corrected chi connectivity index (χ4v) is 10.8. The second-order valence-corrected chi connectivity index (χ2v) is 15.0. The molecule has 0 amide bonds. The van der Waals surface area contributed by atoms with Gasteiger partial charge in [0.05, 0.1) is 24.0 Å². The molecule has 202 valence electrons. The van der Waals surface area contributed by atoms with Crippen LogP contribution in [0.15, 0.2) is 11.6 Å². The minimum absolute atomic E-state index is 0.0356. The molecule has 0 spiro atoms. The van der Waals surface area contributed by atoms with Gasteiger partial charge in [-0.25, -0.2) is 0 Å². The number of hydrogen-bond donors (Lipinski definition) is 2. The Labute approximate surface area is 217 Å². The zero-order valence-corrected chi connectivity index (χ0v) is 23.6. The van der Waals surface area contributed by atoms with Crippen LogP contribution >= 0.6 is 0 Å². The molecule has 9 atom stereocenters. The van der Waals surface area contributed by atoms with Crippen molar-refractivity contribution in [3.8, 4) is 0 Å². The summed E-state index contributed by atoms with van der Waals surface area (Å²) in [5, 5.41) is 21.6. The molecule has 5 aliphatic rings. The average molecular weight is 501 g/mol. The van der Waals surface area contributed by atoms with E-state index in [2.05, 4.69) is 40.7 Å². The van der Waals surface area contributed by atoms with Crippen LogP contribution in [0.4, 0.5) is 0 Å². The predicted octanol–water partition coefficient (Wildman–Crippen LogP) is 6.39. The van der Waals surface area contributed by atoms with Crippen LogP contribution in [0.5, 0.6) is 0 Å². The van der Waals surface area contributed by atoms with Gasteiger partial charge in [0.1, 0.15) is 0 Å². The van der Waals surface area contributed by atoms with Crippen LogP contribution in [-0.4, -0.2) is 35.4 Å². The standard InChI is InChI=1S/C31H48O5/c1-26(2)14-16-31(24(33)34)17-15-28(4)19(20(31)18-26)8-9-21-27(3)12-11-23(32)30(6,25(35)36-7)22(27)10-13-29(21,28)5/h8,20-23,32H,9-18H2,1-7H3,(H,33,34). The Morgan fingerprint density at radius 2 is 1.58 bits per heavy atom. The van der Waals surface area contributed by atoms with Crippen LogP contribution in [0.1, 0.15) is 106 Å². The first-order valence-corrected chi connectivity index (χ1v) is 14.3. The third-order valence-corrected chi connectivity index (χ3v) is 13.3. The van der Waals surface area contributed by atoms with Crippen molar-refractivity contribution in [2.75, 3.05) is 7.11 Å². The van der Waals surface area contributed by atoms with Crippen molar-refractivity contribution in [2.24, 2.45) is 50.2 Å². The summed E-state index contributed by atoms with van der Waals surface area (Å²) in [7, 11) is 1.44. The summed E-state index contributed by atoms with van der Waals surface area (Å²) in [5.41, 5.74) is -0.00159. The van der Waals surface area contributed by atoms with E-state index >= 15 is 0 Å². The van der Waals surface area contributed by atoms with E-state index in [0.29, 0.717) is 12.3 Å². The molecule has 5 nitrogen and oxygen atoms in total. The lowest BCUT2D eigenvalue weighted by atomic mass is 9.33. The molecule has 36 heavy (non-hydrogen) atoms. The summed E-state index contributed by atoms with van der Waals surface area (Å²) in [6.45, 7) is 13.9. The molecule has 0 aromatic heterocycles. The molecule has 0 aromatic rings. The highest BCUT2D eigenvalue weighted by Gasteiger charge is 2.70. The van der Waals surface area contributed by atoms with E-state index in [1.807, 2.05) is 6.92 Å². The first-order chi connectivity index (χ1) is 16.6. The number of aliphatic carboxylic acids is 1. The summed E-state index contributed by atoms with van der Waals surface area (Å²) >= 11 is 0. The number of esters is 1. The molecular weight excluding hydrogens is 452 g/mol. The molecule has 0 aromatic carbocycles. The lowest BCUT2D eigenvalue weighted by Gasteiger charge is -2.70. The smallest absolute Gasteiger partial charge is 0.314 e. The molecule has 0 bridgehead atoms. The van der Waals surface area contributed by atoms with E-state index in [-0.39, 0.29) is 39.5 Å². The number of carbonyl (C=O) groups excluding carboxylic acids is 1. The zero-order chi connectivity index (χ0) is 26.5. The molecule has 0 aliphatic heterocycles. The highest BCUT2D eigenvalue weighted by molar-refractivity contribution is 5.78. The third-order valence-electron chi connectivity index (χ3n) is 13.3. The summed E-state index contributed by atoms with van der Waals surface area (Å²) in [4.78, 5) is 25.9. The highest BCUT2D eigenvalue weighted by Crippen LogP contribution is 2.75. The molecule has 5 rings (SSSR count). The van der Waals surface area contributed by atoms with E-state index < -0.39 is 22.9 Å². The Morgan fingerprint density at radius 1 is 0.917 bits per heavy atom. The second-order valence-electron chi connectivity index (χ2n) is 15.0. The minimum Gasteiger partial charge on any atom is -0.481 e. The number of carboxylic acids is 1. The number of hydrogen-bond acceptors (Lipinski definition) is 4. The summed E-state index contributed by atoms with van der Waals surface area (Å²) in [6, 6.07) is 0. The Hall–Kier alpha value is -1.36. The number of ether oxygens (including phenoxy) is 1. The number of carboxylic acid groups (broad SMARTS) is 1. The number of methoxy groups -OCH3 is 1. The van der Waals surface area contributed by atoms with Gasteiger partial charge in [-0.15, -0.1) is 0 Å². The molecule has 5 heteroatoms. The molecule has 0 heterocycles. The molecule has 5 aliphatic carbocycles. The zero-order valence-electron chi connectivity index (χ0n) is 23.6. The number of fused-ring (bicyclic) bond motifs is 7. The minimum atomic E-state index is -0.883. The van der Waals surface area contributed by atoms with Gasteiger partial charge in [-0.3, -0.25) is 9.59 Å². The van der Waals surface area contributed by atoms with Crippen LogP contribution in [0.2, 0.25) is 0 Å². The summed E-state index contributed by atoms with van der Waals surface area (Å²) in [5.74, 6) is -0.296. The quantitative estimate of drug-likeness (QED) is 0.339. The van der Waals surface area contributed by atoms with Crippen LogP contribution in [0.3, 0.4) is 0 Å². The maximum absolute atomic E-state index is 13.1. The van der Waals surface area contributed by atoms with Crippen molar-refractivity contribution in [2.45, 2.75) is 112 Å². The molecular formula is C31H48O5. The van der Waals surface area contributed by atoms with Crippen LogP contribution in [0.25, 0.3) is 0 Å². The molecule has 0 radical (unpaired) electrons. The topological polar surface area (TPSA) is 83.8 Å². The maximum atomic E-state index is 13.1. The van der Waals surface area contributed by atoms with E-state index in [1.54, 1.807) is 0 Å². The molecule has 9 unspecified atom stereocenters. The Balaban J connectivity index is 1.60. The van der Waals surface area contributed by atoms with Crippen molar-refractivity contribution in [3.05, 3.63) is 11.6 Å². The fraction of sp³-hybridized carbons (Fsp3) is 0.871. The first kappa shape index (κ1) is 26.3. The normalized spacial score (nSPS) is 51.5. The van der Waals surface area contributed by atoms with Gasteiger partial charge < -0.3 is 14.9 Å². The highest BCUT2D eigenvalue weighted by atomic mass is 16.5. The number of aliphatic hydroxyl groups is 1. The molecule has 0 saturated heterocycles. The van der Waals surface area contributed by atoms with E-state index in [0.717, 1.165) is 57.8 Å². The van der Waals surface area contributed by atoms with Gasteiger partial charge in [0.2, 0.25) is 0 Å². The number of rotatable bonds is 2. The number of carbonyl (C=O) groups is 2. The number of allylic oxidation sites excluding steroid dienone is 2. The van der Waals surface area contributed by atoms with Crippen LogP contribution in [-0.2, 0) is 14.3 Å². The van der Waals surface area contributed by atoms with E-state index in [1.165, 1.54) is 12.7 Å². The lowest BCUT2D eigenvalue weighted by molar-refractivity contribution is -0.219. The first-order valence-electron chi connectivity index (χ1n) is 14.3. The lowest BCUT2D eigenvalue weighted by Crippen LogP contribution is -2.66. The molecule has 4 saturated carbocycles. The SMILES string of the molecule is COC(=O)C1(C)C(O)CCC2(C)C1CCC1(C)C2CC=C2C3CC(C)(C)CCC3(C(=O)O)CCC21C. The van der Waals surface area contributed by atoms with Crippen LogP contribution in [0, 0.1) is 50.2 Å². The number of aliphatic hydroxyl groups excluding tert-OH is 1. The van der Waals surface area contributed by atoms with Crippen molar-refractivity contribution in [3.63, 3.8) is 0 Å². The Kier molecular flexibility index (Phi) is 5.71. The maximum Gasteiger partial charge on any atom is 0.314 e. The van der Waals surface area contributed by atoms with E-state index in [9.17, 15) is 19.8 Å². The van der Waals surface area contributed by atoms with Crippen molar-refractivity contribution < 1.29 is 24.5 Å². The van der Waals surface area contributed by atoms with Gasteiger partial charge >= 0.3 is 11.9 Å². The Morgan fingerprint density at radius 3 is 2.22 bits per heavy atom.